The van der Waals surface area contributed by atoms with Crippen LogP contribution in [-0.2, 0) is 24.8 Å². The lowest BCUT2D eigenvalue weighted by Gasteiger charge is -2.26. The molecule has 0 spiro atoms. The average Bonchev–Trinajstić information content (AvgIpc) is 3.13. The van der Waals surface area contributed by atoms with Crippen molar-refractivity contribution in [1.82, 2.24) is 14.7 Å². The third-order valence-electron chi connectivity index (χ3n) is 3.70. The van der Waals surface area contributed by atoms with E-state index in [2.05, 4.69) is 10.4 Å². The first-order chi connectivity index (χ1) is 11.1. The van der Waals surface area contributed by atoms with Gasteiger partial charge in [-0.1, -0.05) is 0 Å². The van der Waals surface area contributed by atoms with Crippen LogP contribution < -0.4 is 5.32 Å². The van der Waals surface area contributed by atoms with Gasteiger partial charge in [0.15, 0.2) is 5.69 Å². The molecular weight excluding hydrogens is 316 g/mol. The number of amides is 2. The Balaban J connectivity index is 1.79. The highest BCUT2D eigenvalue weighted by Crippen LogP contribution is 2.24. The predicted octanol–water partition coefficient (Wildman–Crippen LogP) is 2.25. The number of rotatable bonds is 3. The maximum atomic E-state index is 12.4. The van der Waals surface area contributed by atoms with E-state index in [9.17, 15) is 9.59 Å². The number of nitrogens with one attached hydrogen (secondary N) is 1. The Kier molecular flexibility index (Phi) is 4.33. The molecule has 2 aromatic heterocycles. The number of aryl methyl sites for hydroxylation is 1. The molecule has 0 aliphatic carbocycles. The van der Waals surface area contributed by atoms with Crippen LogP contribution in [0.5, 0.6) is 0 Å². The third kappa shape index (κ3) is 3.07. The molecule has 0 radical (unpaired) electrons. The van der Waals surface area contributed by atoms with Crippen LogP contribution in [0.2, 0.25) is 0 Å². The maximum Gasteiger partial charge on any atom is 0.356 e. The van der Waals surface area contributed by atoms with Crippen molar-refractivity contribution in [3.05, 3.63) is 34.5 Å². The lowest BCUT2D eigenvalue weighted by atomic mass is 10.1. The number of anilines is 1. The highest BCUT2D eigenvalue weighted by atomic mass is 32.1. The van der Waals surface area contributed by atoms with E-state index in [4.69, 9.17) is 4.74 Å². The van der Waals surface area contributed by atoms with E-state index >= 15 is 0 Å². The lowest BCUT2D eigenvalue weighted by molar-refractivity contribution is 0.0511. The number of carbonyl (C=O) groups is 2. The molecule has 2 aromatic rings. The minimum Gasteiger partial charge on any atom is -0.461 e. The van der Waals surface area contributed by atoms with Gasteiger partial charge in [-0.05, 0) is 24.4 Å². The van der Waals surface area contributed by atoms with Gasteiger partial charge in [-0.3, -0.25) is 10.00 Å². The molecule has 3 rings (SSSR count). The summed E-state index contributed by atoms with van der Waals surface area (Å²) in [6.07, 6.45) is 0.625. The van der Waals surface area contributed by atoms with Gasteiger partial charge in [-0.25, -0.2) is 9.59 Å². The van der Waals surface area contributed by atoms with E-state index in [0.29, 0.717) is 31.8 Å². The first kappa shape index (κ1) is 15.5. The Hall–Kier alpha value is -2.35. The predicted molar refractivity (Wildman–Crippen MR) is 86.6 cm³/mol. The highest BCUT2D eigenvalue weighted by Gasteiger charge is 2.30. The van der Waals surface area contributed by atoms with Crippen molar-refractivity contribution in [2.45, 2.75) is 19.9 Å². The Labute approximate surface area is 137 Å². The molecule has 23 heavy (non-hydrogen) atoms. The molecule has 1 N–H and O–H groups in total. The Morgan fingerprint density at radius 2 is 2.30 bits per heavy atom. The summed E-state index contributed by atoms with van der Waals surface area (Å²) >= 11 is 1.47. The van der Waals surface area contributed by atoms with Gasteiger partial charge in [0.2, 0.25) is 0 Å². The number of thiophene rings is 1. The number of hydrogen-bond acceptors (Lipinski definition) is 5. The summed E-state index contributed by atoms with van der Waals surface area (Å²) in [4.78, 5) is 26.2. The summed E-state index contributed by atoms with van der Waals surface area (Å²) in [5.41, 5.74) is 2.06. The Morgan fingerprint density at radius 3 is 3.00 bits per heavy atom. The summed E-state index contributed by atoms with van der Waals surface area (Å²) in [5, 5.41) is 9.96. The van der Waals surface area contributed by atoms with E-state index < -0.39 is 5.97 Å². The van der Waals surface area contributed by atoms with E-state index in [1.54, 1.807) is 23.6 Å². The van der Waals surface area contributed by atoms with E-state index in [1.807, 2.05) is 17.5 Å². The molecule has 0 unspecified atom stereocenters. The van der Waals surface area contributed by atoms with Crippen molar-refractivity contribution in [2.75, 3.05) is 18.5 Å². The average molecular weight is 334 g/mol. The van der Waals surface area contributed by atoms with Crippen LogP contribution in [0.4, 0.5) is 9.80 Å². The summed E-state index contributed by atoms with van der Waals surface area (Å²) in [6.45, 7) is 3.00. The van der Waals surface area contributed by atoms with E-state index in [0.717, 1.165) is 16.3 Å². The van der Waals surface area contributed by atoms with Crippen molar-refractivity contribution in [1.29, 1.82) is 0 Å². The first-order valence-electron chi connectivity index (χ1n) is 7.41. The maximum absolute atomic E-state index is 12.4. The van der Waals surface area contributed by atoms with Crippen LogP contribution in [0.25, 0.3) is 0 Å². The standard InChI is InChI=1S/C15H18N4O3S/c1-3-22-14(20)13-10-9-19(7-6-11(10)17-18(13)2)15(21)16-12-5-4-8-23-12/h4-5,8H,3,6-7,9H2,1-2H3,(H,16,21). The van der Waals surface area contributed by atoms with Crippen LogP contribution in [-0.4, -0.2) is 39.8 Å². The summed E-state index contributed by atoms with van der Waals surface area (Å²) in [7, 11) is 1.72. The van der Waals surface area contributed by atoms with Gasteiger partial charge >= 0.3 is 12.0 Å². The molecular formula is C15H18N4O3S. The molecule has 122 valence electrons. The number of nitrogens with zero attached hydrogens (tertiary/aromatic N) is 3. The molecule has 7 nitrogen and oxygen atoms in total. The zero-order valence-corrected chi connectivity index (χ0v) is 13.9. The second kappa shape index (κ2) is 6.41. The largest absolute Gasteiger partial charge is 0.461 e. The van der Waals surface area contributed by atoms with Crippen LogP contribution in [0.15, 0.2) is 17.5 Å². The molecule has 0 saturated heterocycles. The van der Waals surface area contributed by atoms with Crippen molar-refractivity contribution >= 4 is 28.3 Å². The number of fused-ring (bicyclic) bond motifs is 1. The van der Waals surface area contributed by atoms with Gasteiger partial charge in [-0.2, -0.15) is 5.10 Å². The molecule has 2 amide bonds. The molecule has 0 fully saturated rings. The zero-order valence-electron chi connectivity index (χ0n) is 13.0. The number of ether oxygens (including phenoxy) is 1. The summed E-state index contributed by atoms with van der Waals surface area (Å²) < 4.78 is 6.64. The van der Waals surface area contributed by atoms with Gasteiger partial charge in [0, 0.05) is 25.6 Å². The smallest absolute Gasteiger partial charge is 0.356 e. The second-order valence-corrected chi connectivity index (χ2v) is 6.14. The van der Waals surface area contributed by atoms with E-state index in [-0.39, 0.29) is 6.03 Å². The lowest BCUT2D eigenvalue weighted by Crippen LogP contribution is -2.39. The number of carbonyl (C=O) groups excluding carboxylic acids is 2. The number of esters is 1. The fourth-order valence-corrected chi connectivity index (χ4v) is 3.27. The zero-order chi connectivity index (χ0) is 16.4. The molecule has 3 heterocycles. The van der Waals surface area contributed by atoms with Crippen molar-refractivity contribution in [3.63, 3.8) is 0 Å². The second-order valence-electron chi connectivity index (χ2n) is 5.20. The van der Waals surface area contributed by atoms with Gasteiger partial charge < -0.3 is 9.64 Å². The number of aromatic nitrogens is 2. The molecule has 1 aliphatic rings. The molecule has 1 aliphatic heterocycles. The number of hydrogen-bond donors (Lipinski definition) is 1. The van der Waals surface area contributed by atoms with E-state index in [1.165, 1.54) is 11.3 Å². The van der Waals surface area contributed by atoms with Crippen LogP contribution in [0, 0.1) is 0 Å². The normalized spacial score (nSPS) is 13.6. The summed E-state index contributed by atoms with van der Waals surface area (Å²) in [5.74, 6) is -0.399. The van der Waals surface area contributed by atoms with Crippen molar-refractivity contribution in [2.24, 2.45) is 7.05 Å². The quantitative estimate of drug-likeness (QED) is 0.874. The highest BCUT2D eigenvalue weighted by molar-refractivity contribution is 7.14. The molecule has 0 bridgehead atoms. The fourth-order valence-electron chi connectivity index (χ4n) is 2.66. The summed E-state index contributed by atoms with van der Waals surface area (Å²) in [6, 6.07) is 3.57. The van der Waals surface area contributed by atoms with Gasteiger partial charge in [0.05, 0.1) is 23.8 Å². The fraction of sp³-hybridized carbons (Fsp3) is 0.400. The monoisotopic (exact) mass is 334 g/mol. The van der Waals surface area contributed by atoms with Crippen LogP contribution in [0.3, 0.4) is 0 Å². The van der Waals surface area contributed by atoms with Crippen LogP contribution >= 0.6 is 11.3 Å². The van der Waals surface area contributed by atoms with Crippen molar-refractivity contribution < 1.29 is 14.3 Å². The minimum absolute atomic E-state index is 0.170. The number of urea groups is 1. The Bertz CT molecular complexity index is 723. The van der Waals surface area contributed by atoms with Gasteiger partial charge in [-0.15, -0.1) is 11.3 Å². The Morgan fingerprint density at radius 1 is 1.48 bits per heavy atom. The minimum atomic E-state index is -0.399. The topological polar surface area (TPSA) is 76.5 Å². The molecule has 0 atom stereocenters. The molecule has 0 aromatic carbocycles. The third-order valence-corrected chi connectivity index (χ3v) is 4.49. The molecule has 8 heteroatoms. The first-order valence-corrected chi connectivity index (χ1v) is 8.29. The SMILES string of the molecule is CCOC(=O)c1c2c(nn1C)CCN(C(=O)Nc1cccs1)C2. The van der Waals surface area contributed by atoms with Crippen LogP contribution in [0.1, 0.15) is 28.7 Å². The van der Waals surface area contributed by atoms with Gasteiger partial charge in [0.25, 0.3) is 0 Å². The van der Waals surface area contributed by atoms with Crippen molar-refractivity contribution in [3.8, 4) is 0 Å². The molecule has 0 saturated carbocycles. The van der Waals surface area contributed by atoms with Gasteiger partial charge in [0.1, 0.15) is 0 Å².